The number of methoxy groups -OCH3 is 1. The Bertz CT molecular complexity index is 580. The topological polar surface area (TPSA) is 26.3 Å². The van der Waals surface area contributed by atoms with Crippen LogP contribution in [-0.2, 0) is 4.74 Å². The zero-order valence-corrected chi connectivity index (χ0v) is 12.7. The van der Waals surface area contributed by atoms with E-state index in [1.807, 2.05) is 12.1 Å². The van der Waals surface area contributed by atoms with Gasteiger partial charge in [0.15, 0.2) is 0 Å². The monoisotopic (exact) mass is 270 g/mol. The molecule has 0 amide bonds. The molecule has 1 aromatic carbocycles. The van der Waals surface area contributed by atoms with Crippen molar-refractivity contribution < 1.29 is 9.53 Å². The standard InChI is InChI=1S/C18H22O2/c1-17(2)14-9-10-18(17,3)15(11-14)12-5-7-13(8-6-12)16(19)20-4/h5-8,11,14H,9-10H2,1-4H3/t14-,18+/m1/s1. The van der Waals surface area contributed by atoms with Crippen molar-refractivity contribution in [2.45, 2.75) is 33.6 Å². The predicted octanol–water partition coefficient (Wildman–Crippen LogP) is 4.31. The molecule has 2 bridgehead atoms. The van der Waals surface area contributed by atoms with Gasteiger partial charge in [-0.2, -0.15) is 0 Å². The molecule has 2 aliphatic carbocycles. The number of hydrogen-bond donors (Lipinski definition) is 0. The van der Waals surface area contributed by atoms with Gasteiger partial charge in [0.05, 0.1) is 12.7 Å². The van der Waals surface area contributed by atoms with Crippen LogP contribution in [-0.4, -0.2) is 13.1 Å². The number of ether oxygens (including phenoxy) is 1. The van der Waals surface area contributed by atoms with E-state index in [-0.39, 0.29) is 11.4 Å². The fourth-order valence-corrected chi connectivity index (χ4v) is 4.01. The van der Waals surface area contributed by atoms with Crippen LogP contribution in [0.15, 0.2) is 30.3 Å². The summed E-state index contributed by atoms with van der Waals surface area (Å²) in [5.41, 5.74) is 3.91. The lowest BCUT2D eigenvalue weighted by molar-refractivity contribution is 0.0600. The van der Waals surface area contributed by atoms with Crippen LogP contribution >= 0.6 is 0 Å². The lowest BCUT2D eigenvalue weighted by atomic mass is 9.66. The van der Waals surface area contributed by atoms with Crippen molar-refractivity contribution in [2.75, 3.05) is 7.11 Å². The zero-order valence-electron chi connectivity index (χ0n) is 12.7. The fourth-order valence-electron chi connectivity index (χ4n) is 4.01. The van der Waals surface area contributed by atoms with E-state index in [2.05, 4.69) is 39.0 Å². The van der Waals surface area contributed by atoms with Crippen molar-refractivity contribution in [3.05, 3.63) is 41.5 Å². The van der Waals surface area contributed by atoms with E-state index in [9.17, 15) is 4.79 Å². The highest BCUT2D eigenvalue weighted by Gasteiger charge is 2.57. The van der Waals surface area contributed by atoms with Crippen molar-refractivity contribution >= 4 is 11.5 Å². The summed E-state index contributed by atoms with van der Waals surface area (Å²) in [4.78, 5) is 11.5. The number of allylic oxidation sites excluding steroid dienone is 2. The molecule has 0 saturated heterocycles. The first-order valence-electron chi connectivity index (χ1n) is 7.31. The third-order valence-corrected chi connectivity index (χ3v) is 5.88. The van der Waals surface area contributed by atoms with Crippen molar-refractivity contribution in [3.8, 4) is 0 Å². The summed E-state index contributed by atoms with van der Waals surface area (Å²) in [5.74, 6) is 0.410. The Morgan fingerprint density at radius 2 is 1.85 bits per heavy atom. The molecule has 1 saturated carbocycles. The Labute approximate surface area is 120 Å². The maximum atomic E-state index is 11.5. The molecule has 106 valence electrons. The van der Waals surface area contributed by atoms with Gasteiger partial charge in [-0.15, -0.1) is 0 Å². The molecular weight excluding hydrogens is 248 g/mol. The van der Waals surface area contributed by atoms with E-state index in [0.717, 1.165) is 0 Å². The molecule has 0 unspecified atom stereocenters. The van der Waals surface area contributed by atoms with E-state index in [1.165, 1.54) is 31.1 Å². The summed E-state index contributed by atoms with van der Waals surface area (Å²) >= 11 is 0. The summed E-state index contributed by atoms with van der Waals surface area (Å²) < 4.78 is 4.75. The summed E-state index contributed by atoms with van der Waals surface area (Å²) in [7, 11) is 1.41. The average molecular weight is 270 g/mol. The number of fused-ring (bicyclic) bond motifs is 2. The van der Waals surface area contributed by atoms with Crippen LogP contribution in [0.5, 0.6) is 0 Å². The van der Waals surface area contributed by atoms with Crippen molar-refractivity contribution in [3.63, 3.8) is 0 Å². The molecule has 20 heavy (non-hydrogen) atoms. The minimum absolute atomic E-state index is 0.254. The smallest absolute Gasteiger partial charge is 0.337 e. The highest BCUT2D eigenvalue weighted by atomic mass is 16.5. The van der Waals surface area contributed by atoms with Crippen molar-refractivity contribution in [2.24, 2.45) is 16.7 Å². The lowest BCUT2D eigenvalue weighted by Crippen LogP contribution is -2.29. The molecule has 2 heteroatoms. The Morgan fingerprint density at radius 1 is 1.20 bits per heavy atom. The number of carbonyl (C=O) groups is 1. The Morgan fingerprint density at radius 3 is 2.30 bits per heavy atom. The minimum Gasteiger partial charge on any atom is -0.465 e. The first-order valence-corrected chi connectivity index (χ1v) is 7.31. The summed E-state index contributed by atoms with van der Waals surface area (Å²) in [5, 5.41) is 0. The van der Waals surface area contributed by atoms with Crippen LogP contribution in [0.1, 0.15) is 49.5 Å². The molecular formula is C18H22O2. The molecule has 3 rings (SSSR count). The molecule has 0 radical (unpaired) electrons. The van der Waals surface area contributed by atoms with Gasteiger partial charge in [-0.05, 0) is 52.9 Å². The van der Waals surface area contributed by atoms with Crippen molar-refractivity contribution in [1.29, 1.82) is 0 Å². The first kappa shape index (κ1) is 13.4. The molecule has 1 aromatic rings. The molecule has 0 spiro atoms. The van der Waals surface area contributed by atoms with Gasteiger partial charge in [-0.3, -0.25) is 0 Å². The highest BCUT2D eigenvalue weighted by molar-refractivity contribution is 5.90. The number of rotatable bonds is 2. The summed E-state index contributed by atoms with van der Waals surface area (Å²) in [6, 6.07) is 7.84. The van der Waals surface area contributed by atoms with Crippen LogP contribution in [0.4, 0.5) is 0 Å². The number of hydrogen-bond acceptors (Lipinski definition) is 2. The van der Waals surface area contributed by atoms with Crippen molar-refractivity contribution in [1.82, 2.24) is 0 Å². The third kappa shape index (κ3) is 1.60. The van der Waals surface area contributed by atoms with E-state index in [4.69, 9.17) is 4.74 Å². The molecule has 1 fully saturated rings. The van der Waals surface area contributed by atoms with Gasteiger partial charge in [0.25, 0.3) is 0 Å². The lowest BCUT2D eigenvalue weighted by Gasteiger charge is -2.37. The van der Waals surface area contributed by atoms with Crippen LogP contribution in [0.2, 0.25) is 0 Å². The number of benzene rings is 1. The van der Waals surface area contributed by atoms with Gasteiger partial charge in [0, 0.05) is 0 Å². The number of carbonyl (C=O) groups excluding carboxylic acids is 1. The molecule has 0 N–H and O–H groups in total. The van der Waals surface area contributed by atoms with E-state index in [1.54, 1.807) is 0 Å². The van der Waals surface area contributed by atoms with Gasteiger partial charge in [0.1, 0.15) is 0 Å². The van der Waals surface area contributed by atoms with E-state index < -0.39 is 0 Å². The van der Waals surface area contributed by atoms with Gasteiger partial charge in [-0.25, -0.2) is 4.79 Å². The third-order valence-electron chi connectivity index (χ3n) is 5.88. The molecule has 0 heterocycles. The van der Waals surface area contributed by atoms with E-state index in [0.29, 0.717) is 16.9 Å². The van der Waals surface area contributed by atoms with Crippen LogP contribution in [0, 0.1) is 16.7 Å². The quantitative estimate of drug-likeness (QED) is 0.748. The predicted molar refractivity (Wildman–Crippen MR) is 80.4 cm³/mol. The van der Waals surface area contributed by atoms with E-state index >= 15 is 0 Å². The fraction of sp³-hybridized carbons (Fsp3) is 0.500. The summed E-state index contributed by atoms with van der Waals surface area (Å²) in [6.45, 7) is 7.16. The maximum Gasteiger partial charge on any atom is 0.337 e. The van der Waals surface area contributed by atoms with Gasteiger partial charge < -0.3 is 4.74 Å². The van der Waals surface area contributed by atoms with Gasteiger partial charge in [0.2, 0.25) is 0 Å². The first-order chi connectivity index (χ1) is 9.40. The second kappa shape index (κ2) is 4.21. The molecule has 2 atom stereocenters. The maximum absolute atomic E-state index is 11.5. The van der Waals surface area contributed by atoms with Crippen LogP contribution in [0.25, 0.3) is 5.57 Å². The Kier molecular flexibility index (Phi) is 2.82. The molecule has 0 aromatic heterocycles. The zero-order chi connectivity index (χ0) is 14.5. The average Bonchev–Trinajstić information content (AvgIpc) is 2.79. The Hall–Kier alpha value is -1.57. The largest absolute Gasteiger partial charge is 0.465 e. The SMILES string of the molecule is COC(=O)c1ccc(C2=C[C@H]3CC[C@]2(C)C3(C)C)cc1. The second-order valence-corrected chi connectivity index (χ2v) is 6.85. The van der Waals surface area contributed by atoms with Gasteiger partial charge >= 0.3 is 5.97 Å². The minimum atomic E-state index is -0.273. The van der Waals surface area contributed by atoms with Gasteiger partial charge in [-0.1, -0.05) is 39.0 Å². The Balaban J connectivity index is 1.96. The molecule has 0 aliphatic heterocycles. The highest BCUT2D eigenvalue weighted by Crippen LogP contribution is 2.67. The molecule has 2 aliphatic rings. The van der Waals surface area contributed by atoms with Crippen LogP contribution < -0.4 is 0 Å². The summed E-state index contributed by atoms with van der Waals surface area (Å²) in [6.07, 6.45) is 5.01. The second-order valence-electron chi connectivity index (χ2n) is 6.85. The number of esters is 1. The van der Waals surface area contributed by atoms with Crippen LogP contribution in [0.3, 0.4) is 0 Å². The molecule has 2 nitrogen and oxygen atoms in total. The normalized spacial score (nSPS) is 30.2.